The molecule has 17 atom stereocenters. The number of unbranched alkanes of at least 4 members (excludes halogenated alkanes) is 23. The number of aliphatic hydroxyl groups excluding tert-OH is 11. The van der Waals surface area contributed by atoms with Gasteiger partial charge in [-0.05, 0) is 70.6 Å². The molecule has 3 saturated heterocycles. The summed E-state index contributed by atoms with van der Waals surface area (Å²) in [7, 11) is 0. The third-order valence-electron chi connectivity index (χ3n) is 17.2. The standard InChI is InChI=1S/C72H125NO18/c1-3-5-7-9-11-13-15-16-17-18-19-20-21-22-23-24-25-26-27-28-29-30-31-32-33-34-35-36-37-38-40-42-44-46-48-50-60(78)73-55(56(77)49-47-45-43-41-39-14-12-10-8-6-4-2)54-86-70-66(84)63(81)68(58(52-75)88-70)91-72-67(85)64(82)69(59(53-76)89-72)90-71-65(83)62(80)61(79)57(51-74)87-71/h5,7,11,13,16-17,19-20,22-23,25-26,28-29,55-59,61-72,74-77,79-85H,3-4,6,8-10,12,14-15,18,21,24,27,30-54H2,1-2H3,(H,73,78)/b7-5-,13-11-,17-16-,20-19-,23-22-,26-25-,29-28-. The second-order valence-electron chi connectivity index (χ2n) is 25.0. The van der Waals surface area contributed by atoms with Gasteiger partial charge in [0.15, 0.2) is 18.9 Å². The van der Waals surface area contributed by atoms with Crippen molar-refractivity contribution in [1.82, 2.24) is 5.32 Å². The molecule has 0 aromatic rings. The summed E-state index contributed by atoms with van der Waals surface area (Å²) in [6.07, 6.45) is 41.1. The number of aliphatic hydroxyl groups is 11. The number of carbonyl (C=O) groups is 1. The Morgan fingerprint density at radius 1 is 0.407 bits per heavy atom. The van der Waals surface area contributed by atoms with Gasteiger partial charge in [-0.15, -0.1) is 0 Å². The third kappa shape index (κ3) is 35.0. The minimum Gasteiger partial charge on any atom is -0.394 e. The maximum atomic E-state index is 13.4. The number of rotatable bonds is 53. The Morgan fingerprint density at radius 3 is 1.19 bits per heavy atom. The Labute approximate surface area is 546 Å². The molecule has 19 heteroatoms. The van der Waals surface area contributed by atoms with Crippen LogP contribution in [0.25, 0.3) is 0 Å². The fourth-order valence-electron chi connectivity index (χ4n) is 11.5. The first-order valence-electron chi connectivity index (χ1n) is 35.3. The van der Waals surface area contributed by atoms with Crippen molar-refractivity contribution in [2.24, 2.45) is 0 Å². The maximum Gasteiger partial charge on any atom is 0.220 e. The number of ether oxygens (including phenoxy) is 6. The van der Waals surface area contributed by atoms with Crippen LogP contribution in [0.5, 0.6) is 0 Å². The fraction of sp³-hybridized carbons (Fsp3) is 0.792. The van der Waals surface area contributed by atoms with Crippen molar-refractivity contribution in [3.05, 3.63) is 85.1 Å². The molecular weight excluding hydrogens is 1170 g/mol. The molecule has 526 valence electrons. The Bertz CT molecular complexity index is 1980. The summed E-state index contributed by atoms with van der Waals surface area (Å²) in [5, 5.41) is 120. The highest BCUT2D eigenvalue weighted by Gasteiger charge is 2.53. The van der Waals surface area contributed by atoms with Crippen LogP contribution in [0.3, 0.4) is 0 Å². The van der Waals surface area contributed by atoms with Crippen molar-refractivity contribution in [2.75, 3.05) is 26.4 Å². The van der Waals surface area contributed by atoms with Crippen molar-refractivity contribution >= 4 is 5.91 Å². The summed E-state index contributed by atoms with van der Waals surface area (Å²) in [4.78, 5) is 13.4. The van der Waals surface area contributed by atoms with Crippen molar-refractivity contribution in [3.63, 3.8) is 0 Å². The molecule has 3 fully saturated rings. The van der Waals surface area contributed by atoms with Crippen LogP contribution in [0.15, 0.2) is 85.1 Å². The van der Waals surface area contributed by atoms with Crippen molar-refractivity contribution < 1.29 is 89.4 Å². The lowest BCUT2D eigenvalue weighted by Crippen LogP contribution is -2.66. The lowest BCUT2D eigenvalue weighted by atomic mass is 9.96. The zero-order valence-electron chi connectivity index (χ0n) is 55.5. The molecule has 0 bridgehead atoms. The first-order chi connectivity index (χ1) is 44.3. The van der Waals surface area contributed by atoms with Gasteiger partial charge < -0.3 is 89.9 Å². The fourth-order valence-corrected chi connectivity index (χ4v) is 11.5. The monoisotopic (exact) mass is 1290 g/mol. The molecule has 3 aliphatic rings. The zero-order chi connectivity index (χ0) is 66.1. The predicted molar refractivity (Wildman–Crippen MR) is 355 cm³/mol. The van der Waals surface area contributed by atoms with Crippen LogP contribution in [-0.2, 0) is 33.2 Å². The van der Waals surface area contributed by atoms with E-state index < -0.39 is 124 Å². The normalized spacial score (nSPS) is 28.4. The molecule has 0 saturated carbocycles. The minimum absolute atomic E-state index is 0.248. The van der Waals surface area contributed by atoms with E-state index in [4.69, 9.17) is 28.4 Å². The Morgan fingerprint density at radius 2 is 0.758 bits per heavy atom. The zero-order valence-corrected chi connectivity index (χ0v) is 55.5. The number of allylic oxidation sites excluding steroid dienone is 14. The molecule has 1 amide bonds. The van der Waals surface area contributed by atoms with E-state index in [1.165, 1.54) is 103 Å². The topological polar surface area (TPSA) is 307 Å². The molecule has 0 aromatic carbocycles. The summed E-state index contributed by atoms with van der Waals surface area (Å²) in [5.41, 5.74) is 0. The second-order valence-corrected chi connectivity index (χ2v) is 25.0. The number of carbonyl (C=O) groups excluding carboxylic acids is 1. The van der Waals surface area contributed by atoms with Gasteiger partial charge in [0.05, 0.1) is 38.6 Å². The summed E-state index contributed by atoms with van der Waals surface area (Å²) < 4.78 is 34.4. The Kier molecular flexibility index (Phi) is 48.0. The van der Waals surface area contributed by atoms with Gasteiger partial charge in [-0.2, -0.15) is 0 Å². The van der Waals surface area contributed by atoms with E-state index in [2.05, 4.69) is 104 Å². The summed E-state index contributed by atoms with van der Waals surface area (Å²) in [6.45, 7) is 1.66. The van der Waals surface area contributed by atoms with Crippen LogP contribution in [0, 0.1) is 0 Å². The van der Waals surface area contributed by atoms with E-state index >= 15 is 0 Å². The van der Waals surface area contributed by atoms with Crippen LogP contribution in [0.2, 0.25) is 0 Å². The molecule has 3 rings (SSSR count). The average Bonchev–Trinajstić information content (AvgIpc) is 1.05. The quantitative estimate of drug-likeness (QED) is 0.0199. The van der Waals surface area contributed by atoms with Crippen LogP contribution in [-0.4, -0.2) is 193 Å². The average molecular weight is 1290 g/mol. The lowest BCUT2D eigenvalue weighted by molar-refractivity contribution is -0.379. The van der Waals surface area contributed by atoms with E-state index in [0.717, 1.165) is 96.3 Å². The number of nitrogens with one attached hydrogen (secondary N) is 1. The highest BCUT2D eigenvalue weighted by molar-refractivity contribution is 5.76. The molecule has 0 radical (unpaired) electrons. The lowest BCUT2D eigenvalue weighted by Gasteiger charge is -2.48. The SMILES string of the molecule is CC/C=C\C/C=C\C/C=C\C/C=C\C/C=C\C/C=C\C/C=C\CCCCCCCCCCCCCCCC(=O)NC(COC1OC(CO)C(OC2OC(CO)C(OC3OC(CO)C(O)C(O)C3O)C(O)C2O)C(O)C1O)C(O)CCCCCCCCCCCCC. The van der Waals surface area contributed by atoms with Crippen LogP contribution < -0.4 is 5.32 Å². The molecule has 17 unspecified atom stereocenters. The Hall–Kier alpha value is -3.03. The highest BCUT2D eigenvalue weighted by Crippen LogP contribution is 2.33. The summed E-state index contributed by atoms with van der Waals surface area (Å²) >= 11 is 0. The molecule has 12 N–H and O–H groups in total. The second kappa shape index (κ2) is 53.2. The summed E-state index contributed by atoms with van der Waals surface area (Å²) in [5.74, 6) is -0.248. The van der Waals surface area contributed by atoms with E-state index in [9.17, 15) is 61.0 Å². The van der Waals surface area contributed by atoms with Crippen molar-refractivity contribution in [2.45, 2.75) is 336 Å². The summed E-state index contributed by atoms with van der Waals surface area (Å²) in [6, 6.07) is -0.891. The largest absolute Gasteiger partial charge is 0.394 e. The van der Waals surface area contributed by atoms with Gasteiger partial charge in [0.2, 0.25) is 5.91 Å². The van der Waals surface area contributed by atoms with Gasteiger partial charge >= 0.3 is 0 Å². The number of hydrogen-bond donors (Lipinski definition) is 12. The van der Waals surface area contributed by atoms with Gasteiger partial charge in [-0.25, -0.2) is 0 Å². The first kappa shape index (κ1) is 82.2. The van der Waals surface area contributed by atoms with Gasteiger partial charge in [0.1, 0.15) is 73.2 Å². The van der Waals surface area contributed by atoms with Crippen LogP contribution in [0.4, 0.5) is 0 Å². The van der Waals surface area contributed by atoms with Gasteiger partial charge in [0.25, 0.3) is 0 Å². The van der Waals surface area contributed by atoms with Gasteiger partial charge in [-0.3, -0.25) is 4.79 Å². The van der Waals surface area contributed by atoms with Crippen molar-refractivity contribution in [1.29, 1.82) is 0 Å². The molecule has 0 aliphatic carbocycles. The van der Waals surface area contributed by atoms with Crippen molar-refractivity contribution in [3.8, 4) is 0 Å². The van der Waals surface area contributed by atoms with E-state index in [0.29, 0.717) is 12.8 Å². The molecule has 3 heterocycles. The van der Waals surface area contributed by atoms with Crippen LogP contribution >= 0.6 is 0 Å². The molecule has 0 aromatic heterocycles. The third-order valence-corrected chi connectivity index (χ3v) is 17.2. The van der Waals surface area contributed by atoms with E-state index in [1.54, 1.807) is 0 Å². The number of amides is 1. The minimum atomic E-state index is -1.97. The number of hydrogen-bond acceptors (Lipinski definition) is 18. The first-order valence-corrected chi connectivity index (χ1v) is 35.3. The van der Waals surface area contributed by atoms with E-state index in [1.807, 2.05) is 0 Å². The molecular formula is C72H125NO18. The molecule has 19 nitrogen and oxygen atoms in total. The van der Waals surface area contributed by atoms with E-state index in [-0.39, 0.29) is 18.9 Å². The maximum absolute atomic E-state index is 13.4. The smallest absolute Gasteiger partial charge is 0.220 e. The highest BCUT2D eigenvalue weighted by atomic mass is 16.8. The van der Waals surface area contributed by atoms with Crippen LogP contribution in [0.1, 0.15) is 232 Å². The predicted octanol–water partition coefficient (Wildman–Crippen LogP) is 9.49. The Balaban J connectivity index is 1.33. The molecule has 3 aliphatic heterocycles. The van der Waals surface area contributed by atoms with Gasteiger partial charge in [0, 0.05) is 6.42 Å². The molecule has 0 spiro atoms. The molecule has 91 heavy (non-hydrogen) atoms. The van der Waals surface area contributed by atoms with Gasteiger partial charge in [-0.1, -0.05) is 240 Å².